The summed E-state index contributed by atoms with van der Waals surface area (Å²) in [6.45, 7) is 0. The predicted octanol–water partition coefficient (Wildman–Crippen LogP) is 13.1. The van der Waals surface area contributed by atoms with Crippen LogP contribution >= 0.6 is 0 Å². The van der Waals surface area contributed by atoms with Crippen LogP contribution in [0, 0.1) is 0 Å². The molecule has 10 rings (SSSR count). The zero-order chi connectivity index (χ0) is 39.8. The van der Waals surface area contributed by atoms with Gasteiger partial charge in [-0.05, 0) is 60.7 Å². The third-order valence-electron chi connectivity index (χ3n) is 10.4. The van der Waals surface area contributed by atoms with E-state index >= 15 is 0 Å². The Hall–Kier alpha value is -7.27. The Labute approximate surface area is 326 Å². The minimum absolute atomic E-state index is 0.00699. The molecule has 10 aromatic rings. The highest BCUT2D eigenvalue weighted by Crippen LogP contribution is 2.42. The van der Waals surface area contributed by atoms with Crippen LogP contribution in [0.15, 0.2) is 164 Å². The van der Waals surface area contributed by atoms with Gasteiger partial charge in [0, 0.05) is 38.2 Å². The molecule has 58 heavy (non-hydrogen) atoms. The molecule has 282 valence electrons. The Morgan fingerprint density at radius 2 is 0.672 bits per heavy atom. The summed E-state index contributed by atoms with van der Waals surface area (Å²) in [6.07, 6.45) is -9.48. The molecule has 0 aliphatic carbocycles. The molecule has 0 saturated heterocycles. The fraction of sp³-hybridized carbons (Fsp3) is 0.0426. The molecule has 0 aliphatic rings. The van der Waals surface area contributed by atoms with Gasteiger partial charge in [0.2, 0.25) is 0 Å². The first kappa shape index (κ1) is 35.2. The summed E-state index contributed by atoms with van der Waals surface area (Å²) in [7, 11) is 0. The van der Waals surface area contributed by atoms with Crippen molar-refractivity contribution < 1.29 is 26.3 Å². The van der Waals surface area contributed by atoms with Crippen LogP contribution in [0.3, 0.4) is 0 Å². The van der Waals surface area contributed by atoms with Crippen molar-refractivity contribution in [3.05, 3.63) is 175 Å². The first-order valence-electron chi connectivity index (χ1n) is 18.3. The Balaban J connectivity index is 1.32. The zero-order valence-electron chi connectivity index (χ0n) is 30.1. The van der Waals surface area contributed by atoms with E-state index in [1.807, 2.05) is 106 Å². The molecule has 0 bridgehead atoms. The third kappa shape index (κ3) is 5.77. The molecule has 0 atom stereocenters. The van der Waals surface area contributed by atoms with Gasteiger partial charge in [0.1, 0.15) is 0 Å². The van der Waals surface area contributed by atoms with E-state index in [-0.39, 0.29) is 28.6 Å². The van der Waals surface area contributed by atoms with Crippen molar-refractivity contribution in [2.45, 2.75) is 12.4 Å². The Morgan fingerprint density at radius 1 is 0.345 bits per heavy atom. The molecule has 3 aromatic heterocycles. The second-order valence-electron chi connectivity index (χ2n) is 13.9. The molecular formula is C47H27F6N5. The number of nitrogens with zero attached hydrogens (tertiary/aromatic N) is 5. The number of para-hydroxylation sites is 4. The molecule has 7 aromatic carbocycles. The van der Waals surface area contributed by atoms with Crippen molar-refractivity contribution in [2.24, 2.45) is 0 Å². The second-order valence-corrected chi connectivity index (χ2v) is 13.9. The van der Waals surface area contributed by atoms with Crippen LogP contribution < -0.4 is 0 Å². The number of aromatic nitrogens is 5. The first-order valence-corrected chi connectivity index (χ1v) is 18.3. The standard InChI is InChI=1S/C47H27F6N5/c48-46(49,50)29-22-24-41(57-37-18-8-4-14-31(37)32-15-5-9-19-38(32)57)35(26-29)44-54-43(28-12-2-1-3-13-28)55-45(56-44)36-27-30(47(51,52)53)23-25-42(36)58-39-20-10-6-16-33(39)34-17-7-11-21-40(34)58/h1-27H. The predicted molar refractivity (Wildman–Crippen MR) is 215 cm³/mol. The largest absolute Gasteiger partial charge is 0.416 e. The Morgan fingerprint density at radius 3 is 1.03 bits per heavy atom. The van der Waals surface area contributed by atoms with Crippen LogP contribution in [0.5, 0.6) is 0 Å². The lowest BCUT2D eigenvalue weighted by Crippen LogP contribution is -2.10. The Kier molecular flexibility index (Phi) is 7.98. The highest BCUT2D eigenvalue weighted by atomic mass is 19.4. The van der Waals surface area contributed by atoms with Crippen molar-refractivity contribution in [2.75, 3.05) is 0 Å². The van der Waals surface area contributed by atoms with E-state index in [0.29, 0.717) is 16.9 Å². The molecular weight excluding hydrogens is 749 g/mol. The van der Waals surface area contributed by atoms with Gasteiger partial charge in [0.15, 0.2) is 17.5 Å². The van der Waals surface area contributed by atoms with E-state index in [4.69, 9.17) is 15.0 Å². The maximum atomic E-state index is 14.6. The minimum Gasteiger partial charge on any atom is -0.309 e. The smallest absolute Gasteiger partial charge is 0.309 e. The van der Waals surface area contributed by atoms with E-state index in [9.17, 15) is 26.3 Å². The van der Waals surface area contributed by atoms with Crippen molar-refractivity contribution in [1.82, 2.24) is 24.1 Å². The van der Waals surface area contributed by atoms with E-state index in [2.05, 4.69) is 0 Å². The van der Waals surface area contributed by atoms with Crippen molar-refractivity contribution in [3.8, 4) is 45.5 Å². The van der Waals surface area contributed by atoms with Crippen LogP contribution in [0.4, 0.5) is 26.3 Å². The van der Waals surface area contributed by atoms with Gasteiger partial charge < -0.3 is 9.13 Å². The lowest BCUT2D eigenvalue weighted by atomic mass is 10.0. The summed E-state index contributed by atoms with van der Waals surface area (Å²) in [5, 5.41) is 3.52. The fourth-order valence-corrected chi connectivity index (χ4v) is 7.87. The van der Waals surface area contributed by atoms with Gasteiger partial charge in [-0.15, -0.1) is 0 Å². The summed E-state index contributed by atoms with van der Waals surface area (Å²) in [4.78, 5) is 14.4. The van der Waals surface area contributed by atoms with Gasteiger partial charge in [-0.25, -0.2) is 15.0 Å². The minimum atomic E-state index is -4.74. The van der Waals surface area contributed by atoms with E-state index < -0.39 is 23.5 Å². The molecule has 0 radical (unpaired) electrons. The molecule has 0 unspecified atom stereocenters. The second kappa shape index (κ2) is 13.2. The van der Waals surface area contributed by atoms with Gasteiger partial charge in [0.05, 0.1) is 44.6 Å². The first-order chi connectivity index (χ1) is 28.0. The fourth-order valence-electron chi connectivity index (χ4n) is 7.87. The number of rotatable bonds is 5. The molecule has 11 heteroatoms. The molecule has 5 nitrogen and oxygen atoms in total. The number of alkyl halides is 6. The van der Waals surface area contributed by atoms with Crippen molar-refractivity contribution in [3.63, 3.8) is 0 Å². The highest BCUT2D eigenvalue weighted by molar-refractivity contribution is 6.10. The molecule has 0 amide bonds. The maximum absolute atomic E-state index is 14.6. The molecule has 0 aliphatic heterocycles. The lowest BCUT2D eigenvalue weighted by Gasteiger charge is -2.18. The molecule has 0 N–H and O–H groups in total. The zero-order valence-corrected chi connectivity index (χ0v) is 30.1. The van der Waals surface area contributed by atoms with Crippen LogP contribution in [-0.4, -0.2) is 24.1 Å². The SMILES string of the molecule is FC(F)(F)c1ccc(-n2c3ccccc3c3ccccc32)c(-c2nc(-c3ccccc3)nc(-c3cc(C(F)(F)F)ccc3-n3c4ccccc4c4ccccc43)n2)c1. The quantitative estimate of drug-likeness (QED) is 0.164. The lowest BCUT2D eigenvalue weighted by molar-refractivity contribution is -0.138. The summed E-state index contributed by atoms with van der Waals surface area (Å²) in [6, 6.07) is 45.7. The molecule has 0 fully saturated rings. The molecule has 0 saturated carbocycles. The Bertz CT molecular complexity index is 2920. The van der Waals surface area contributed by atoms with Gasteiger partial charge in [-0.1, -0.05) is 103 Å². The number of hydrogen-bond donors (Lipinski definition) is 0. The van der Waals surface area contributed by atoms with Crippen LogP contribution in [0.2, 0.25) is 0 Å². The normalized spacial score (nSPS) is 12.3. The molecule has 0 spiro atoms. The molecule has 3 heterocycles. The van der Waals surface area contributed by atoms with Crippen LogP contribution in [0.1, 0.15) is 11.1 Å². The number of halogens is 6. The van der Waals surface area contributed by atoms with Crippen LogP contribution in [-0.2, 0) is 12.4 Å². The average molecular weight is 776 g/mol. The van der Waals surface area contributed by atoms with E-state index in [1.54, 1.807) is 30.3 Å². The van der Waals surface area contributed by atoms with Gasteiger partial charge in [-0.2, -0.15) is 26.3 Å². The monoisotopic (exact) mass is 775 g/mol. The average Bonchev–Trinajstić information content (AvgIpc) is 3.76. The topological polar surface area (TPSA) is 48.5 Å². The van der Waals surface area contributed by atoms with Crippen molar-refractivity contribution >= 4 is 43.6 Å². The number of hydrogen-bond acceptors (Lipinski definition) is 3. The van der Waals surface area contributed by atoms with Crippen molar-refractivity contribution in [1.29, 1.82) is 0 Å². The van der Waals surface area contributed by atoms with Gasteiger partial charge in [-0.3, -0.25) is 0 Å². The van der Waals surface area contributed by atoms with E-state index in [1.165, 1.54) is 12.1 Å². The number of fused-ring (bicyclic) bond motifs is 6. The summed E-state index contributed by atoms with van der Waals surface area (Å²) in [5.41, 5.74) is 2.22. The van der Waals surface area contributed by atoms with Gasteiger partial charge >= 0.3 is 12.4 Å². The third-order valence-corrected chi connectivity index (χ3v) is 10.4. The van der Waals surface area contributed by atoms with E-state index in [0.717, 1.165) is 67.9 Å². The summed E-state index contributed by atoms with van der Waals surface area (Å²) in [5.74, 6) is -0.244. The summed E-state index contributed by atoms with van der Waals surface area (Å²) >= 11 is 0. The van der Waals surface area contributed by atoms with Crippen LogP contribution in [0.25, 0.3) is 89.2 Å². The summed E-state index contributed by atoms with van der Waals surface area (Å²) < 4.78 is 91.3. The highest BCUT2D eigenvalue weighted by Gasteiger charge is 2.34. The maximum Gasteiger partial charge on any atom is 0.416 e. The number of benzene rings is 7. The van der Waals surface area contributed by atoms with Gasteiger partial charge in [0.25, 0.3) is 0 Å².